The summed E-state index contributed by atoms with van der Waals surface area (Å²) in [6.07, 6.45) is 2.96. The number of nitrogens with zero attached hydrogens (tertiary/aromatic N) is 1. The number of hydrogen-bond acceptors (Lipinski definition) is 3. The van der Waals surface area contributed by atoms with E-state index in [4.69, 9.17) is 16.3 Å². The molecule has 0 radical (unpaired) electrons. The van der Waals surface area contributed by atoms with Crippen LogP contribution in [0.25, 0.3) is 0 Å². The van der Waals surface area contributed by atoms with Crippen LogP contribution in [0.4, 0.5) is 0 Å². The van der Waals surface area contributed by atoms with Crippen molar-refractivity contribution >= 4 is 21.6 Å². The molecular formula is C14H18ClNO3S. The van der Waals surface area contributed by atoms with Gasteiger partial charge >= 0.3 is 0 Å². The van der Waals surface area contributed by atoms with E-state index in [1.54, 1.807) is 28.6 Å². The first-order valence-corrected chi connectivity index (χ1v) is 8.89. The van der Waals surface area contributed by atoms with Crippen LogP contribution in [-0.4, -0.2) is 38.0 Å². The van der Waals surface area contributed by atoms with E-state index in [9.17, 15) is 8.42 Å². The molecule has 4 nitrogen and oxygen atoms in total. The Hall–Kier alpha value is -0.620. The van der Waals surface area contributed by atoms with E-state index in [1.165, 1.54) is 0 Å². The third-order valence-electron chi connectivity index (χ3n) is 4.12. The molecule has 6 heteroatoms. The van der Waals surface area contributed by atoms with Gasteiger partial charge in [0.2, 0.25) is 10.0 Å². The van der Waals surface area contributed by atoms with Gasteiger partial charge in [0.25, 0.3) is 0 Å². The number of rotatable bonds is 3. The maximum atomic E-state index is 12.8. The number of halogens is 1. The van der Waals surface area contributed by atoms with Crippen molar-refractivity contribution in [3.05, 3.63) is 29.8 Å². The Morgan fingerprint density at radius 2 is 2.00 bits per heavy atom. The molecule has 0 amide bonds. The van der Waals surface area contributed by atoms with Gasteiger partial charge in [-0.25, -0.2) is 8.42 Å². The van der Waals surface area contributed by atoms with Crippen LogP contribution in [0.2, 0.25) is 0 Å². The van der Waals surface area contributed by atoms with Gasteiger partial charge in [0.05, 0.1) is 23.6 Å². The van der Waals surface area contributed by atoms with Crippen LogP contribution in [0.1, 0.15) is 24.8 Å². The van der Waals surface area contributed by atoms with Gasteiger partial charge in [-0.1, -0.05) is 12.1 Å². The molecule has 110 valence electrons. The van der Waals surface area contributed by atoms with Crippen LogP contribution < -0.4 is 0 Å². The van der Waals surface area contributed by atoms with Crippen LogP contribution in [-0.2, 0) is 20.6 Å². The van der Waals surface area contributed by atoms with Crippen molar-refractivity contribution in [1.29, 1.82) is 0 Å². The molecule has 1 aromatic carbocycles. The van der Waals surface area contributed by atoms with Gasteiger partial charge in [0.15, 0.2) is 0 Å². The lowest BCUT2D eigenvalue weighted by atomic mass is 10.2. The topological polar surface area (TPSA) is 46.6 Å². The maximum Gasteiger partial charge on any atom is 0.243 e. The van der Waals surface area contributed by atoms with Gasteiger partial charge in [0.1, 0.15) is 0 Å². The Morgan fingerprint density at radius 1 is 1.25 bits per heavy atom. The molecule has 1 aromatic rings. The first kappa shape index (κ1) is 14.3. The minimum atomic E-state index is -3.43. The summed E-state index contributed by atoms with van der Waals surface area (Å²) in [5, 5.41) is 0. The first-order valence-electron chi connectivity index (χ1n) is 6.91. The maximum absolute atomic E-state index is 12.8. The average molecular weight is 316 g/mol. The van der Waals surface area contributed by atoms with Crippen molar-refractivity contribution in [1.82, 2.24) is 4.31 Å². The highest BCUT2D eigenvalue weighted by Crippen LogP contribution is 2.33. The second-order valence-corrected chi connectivity index (χ2v) is 7.46. The van der Waals surface area contributed by atoms with Gasteiger partial charge < -0.3 is 4.74 Å². The molecule has 1 saturated carbocycles. The monoisotopic (exact) mass is 315 g/mol. The first-order chi connectivity index (χ1) is 9.63. The molecule has 3 rings (SSSR count). The quantitative estimate of drug-likeness (QED) is 0.805. The number of alkyl halides is 1. The molecule has 0 spiro atoms. The third-order valence-corrected chi connectivity index (χ3v) is 6.36. The molecule has 1 heterocycles. The predicted octanol–water partition coefficient (Wildman–Crippen LogP) is 2.37. The molecule has 2 aliphatic rings. The lowest BCUT2D eigenvalue weighted by Crippen LogP contribution is -2.51. The second kappa shape index (κ2) is 5.64. The van der Waals surface area contributed by atoms with Crippen LogP contribution in [0.15, 0.2) is 29.2 Å². The Balaban J connectivity index is 1.89. The number of benzene rings is 1. The minimum absolute atomic E-state index is 0.00135. The number of morpholine rings is 1. The van der Waals surface area contributed by atoms with E-state index >= 15 is 0 Å². The zero-order valence-electron chi connectivity index (χ0n) is 11.2. The SMILES string of the molecule is O=S(=O)(c1ccc(CCl)cc1)N1CCOC2CCCC21. The molecule has 1 saturated heterocycles. The Bertz CT molecular complexity index is 573. The zero-order valence-corrected chi connectivity index (χ0v) is 12.7. The van der Waals surface area contributed by atoms with E-state index in [-0.39, 0.29) is 12.1 Å². The van der Waals surface area contributed by atoms with Crippen LogP contribution >= 0.6 is 11.6 Å². The van der Waals surface area contributed by atoms with E-state index in [2.05, 4.69) is 0 Å². The molecule has 0 aromatic heterocycles. The summed E-state index contributed by atoms with van der Waals surface area (Å²) in [6.45, 7) is 0.931. The highest BCUT2D eigenvalue weighted by molar-refractivity contribution is 7.89. The molecule has 20 heavy (non-hydrogen) atoms. The van der Waals surface area contributed by atoms with Crippen LogP contribution in [0, 0.1) is 0 Å². The summed E-state index contributed by atoms with van der Waals surface area (Å²) in [4.78, 5) is 0.346. The fourth-order valence-corrected chi connectivity index (χ4v) is 4.92. The Kier molecular flexibility index (Phi) is 4.04. The minimum Gasteiger partial charge on any atom is -0.375 e. The van der Waals surface area contributed by atoms with Gasteiger partial charge in [0, 0.05) is 12.4 Å². The van der Waals surface area contributed by atoms with E-state index in [0.29, 0.717) is 23.9 Å². The molecule has 2 unspecified atom stereocenters. The Morgan fingerprint density at radius 3 is 2.70 bits per heavy atom. The van der Waals surface area contributed by atoms with Gasteiger partial charge in [-0.15, -0.1) is 11.6 Å². The van der Waals surface area contributed by atoms with Crippen molar-refractivity contribution in [3.63, 3.8) is 0 Å². The lowest BCUT2D eigenvalue weighted by molar-refractivity contribution is -0.0241. The number of ether oxygens (including phenoxy) is 1. The standard InChI is InChI=1S/C14H18ClNO3S/c15-10-11-4-6-12(7-5-11)20(17,18)16-8-9-19-14-3-1-2-13(14)16/h4-7,13-14H,1-3,8-10H2. The molecule has 1 aliphatic carbocycles. The van der Waals surface area contributed by atoms with Crippen molar-refractivity contribution < 1.29 is 13.2 Å². The summed E-state index contributed by atoms with van der Waals surface area (Å²) >= 11 is 5.74. The van der Waals surface area contributed by atoms with E-state index < -0.39 is 10.0 Å². The van der Waals surface area contributed by atoms with Crippen molar-refractivity contribution in [2.24, 2.45) is 0 Å². The smallest absolute Gasteiger partial charge is 0.243 e. The van der Waals surface area contributed by atoms with Crippen molar-refractivity contribution in [2.75, 3.05) is 13.2 Å². The molecule has 2 fully saturated rings. The van der Waals surface area contributed by atoms with Crippen LogP contribution in [0.3, 0.4) is 0 Å². The predicted molar refractivity (Wildman–Crippen MR) is 77.3 cm³/mol. The summed E-state index contributed by atoms with van der Waals surface area (Å²) < 4.78 is 32.8. The molecule has 2 atom stereocenters. The van der Waals surface area contributed by atoms with E-state index in [0.717, 1.165) is 24.8 Å². The normalized spacial score (nSPS) is 27.4. The van der Waals surface area contributed by atoms with Gasteiger partial charge in [-0.05, 0) is 37.0 Å². The fourth-order valence-electron chi connectivity index (χ4n) is 3.07. The number of hydrogen-bond donors (Lipinski definition) is 0. The van der Waals surface area contributed by atoms with Gasteiger partial charge in [-0.2, -0.15) is 4.31 Å². The summed E-state index contributed by atoms with van der Waals surface area (Å²) in [5.41, 5.74) is 0.923. The molecule has 0 N–H and O–H groups in total. The fraction of sp³-hybridized carbons (Fsp3) is 0.571. The van der Waals surface area contributed by atoms with Crippen molar-refractivity contribution in [2.45, 2.75) is 42.2 Å². The second-order valence-electron chi connectivity index (χ2n) is 5.30. The van der Waals surface area contributed by atoms with Gasteiger partial charge in [-0.3, -0.25) is 0 Å². The highest BCUT2D eigenvalue weighted by Gasteiger charge is 2.42. The number of fused-ring (bicyclic) bond motifs is 1. The zero-order chi connectivity index (χ0) is 14.2. The van der Waals surface area contributed by atoms with Crippen molar-refractivity contribution in [3.8, 4) is 0 Å². The van der Waals surface area contributed by atoms with E-state index in [1.807, 2.05) is 0 Å². The average Bonchev–Trinajstić information content (AvgIpc) is 2.95. The Labute approximate surface area is 124 Å². The molecule has 0 bridgehead atoms. The summed E-state index contributed by atoms with van der Waals surface area (Å²) in [6, 6.07) is 6.83. The largest absolute Gasteiger partial charge is 0.375 e. The third kappa shape index (κ3) is 2.48. The highest BCUT2D eigenvalue weighted by atomic mass is 35.5. The molecule has 1 aliphatic heterocycles. The molecular weight excluding hydrogens is 298 g/mol. The lowest BCUT2D eigenvalue weighted by Gasteiger charge is -2.36. The summed E-state index contributed by atoms with van der Waals surface area (Å²) in [7, 11) is -3.43. The number of sulfonamides is 1. The summed E-state index contributed by atoms with van der Waals surface area (Å²) in [5.74, 6) is 0.391. The van der Waals surface area contributed by atoms with Crippen LogP contribution in [0.5, 0.6) is 0 Å².